The maximum absolute atomic E-state index is 4.35. The van der Waals surface area contributed by atoms with Gasteiger partial charge in [-0.05, 0) is 32.1 Å². The molecule has 0 amide bonds. The molecule has 0 unspecified atom stereocenters. The molecule has 0 aliphatic carbocycles. The van der Waals surface area contributed by atoms with Crippen molar-refractivity contribution in [1.82, 2.24) is 14.6 Å². The number of hydrogen-bond acceptors (Lipinski definition) is 2. The van der Waals surface area contributed by atoms with E-state index in [9.17, 15) is 0 Å². The highest BCUT2D eigenvalue weighted by Gasteiger charge is 2.04. The van der Waals surface area contributed by atoms with Gasteiger partial charge in [-0.15, -0.1) is 0 Å². The largest absolute Gasteiger partial charge is 0.232 e. The van der Waals surface area contributed by atoms with Crippen LogP contribution < -0.4 is 0 Å². The number of fused-ring (bicyclic) bond motifs is 1. The topological polar surface area (TPSA) is 30.2 Å². The second-order valence-electron chi connectivity index (χ2n) is 3.01. The predicted molar refractivity (Wildman–Crippen MR) is 52.6 cm³/mol. The van der Waals surface area contributed by atoms with Crippen LogP contribution in [0.2, 0.25) is 0 Å². The fourth-order valence-corrected chi connectivity index (χ4v) is 1.28. The molecule has 0 spiro atoms. The quantitative estimate of drug-likeness (QED) is 0.660. The van der Waals surface area contributed by atoms with Crippen molar-refractivity contribution in [3.05, 3.63) is 35.8 Å². The number of nitrogens with zero attached hydrogens (tertiary/aromatic N) is 3. The molecule has 0 atom stereocenters. The zero-order valence-electron chi connectivity index (χ0n) is 7.78. The Bertz CT molecular complexity index is 468. The summed E-state index contributed by atoms with van der Waals surface area (Å²) in [5, 5.41) is 4.35. The van der Waals surface area contributed by atoms with Crippen molar-refractivity contribution in [3.63, 3.8) is 0 Å². The lowest BCUT2D eigenvalue weighted by Gasteiger charge is -1.96. The molecule has 3 heteroatoms. The van der Waals surface area contributed by atoms with Crippen LogP contribution in [0.5, 0.6) is 0 Å². The molecule has 2 aromatic heterocycles. The van der Waals surface area contributed by atoms with Gasteiger partial charge in [-0.1, -0.05) is 6.58 Å². The molecule has 3 nitrogen and oxygen atoms in total. The van der Waals surface area contributed by atoms with Crippen LogP contribution in [0.1, 0.15) is 17.1 Å². The molecule has 2 heterocycles. The highest BCUT2D eigenvalue weighted by molar-refractivity contribution is 5.47. The summed E-state index contributed by atoms with van der Waals surface area (Å²) in [6, 6.07) is 3.86. The van der Waals surface area contributed by atoms with Crippen LogP contribution in [0.15, 0.2) is 18.7 Å². The van der Waals surface area contributed by atoms with E-state index in [0.29, 0.717) is 0 Å². The smallest absolute Gasteiger partial charge is 0.154 e. The van der Waals surface area contributed by atoms with Crippen LogP contribution in [0.3, 0.4) is 0 Å². The van der Waals surface area contributed by atoms with Gasteiger partial charge in [0.1, 0.15) is 0 Å². The molecule has 0 bridgehead atoms. The summed E-state index contributed by atoms with van der Waals surface area (Å²) in [4.78, 5) is 4.35. The summed E-state index contributed by atoms with van der Waals surface area (Å²) in [5.41, 5.74) is 3.86. The molecule has 0 aliphatic heterocycles. The monoisotopic (exact) mass is 173 g/mol. The summed E-state index contributed by atoms with van der Waals surface area (Å²) in [7, 11) is 0. The lowest BCUT2D eigenvalue weighted by molar-refractivity contribution is 0.888. The van der Waals surface area contributed by atoms with Gasteiger partial charge in [0.25, 0.3) is 0 Å². The first-order valence-electron chi connectivity index (χ1n) is 4.18. The standard InChI is InChI=1S/C10H11N3/c1-4-9-5-6-10-11-7(2)8(3)13(10)12-9/h4-6H,1H2,2-3H3. The second kappa shape index (κ2) is 2.69. The molecule has 0 fully saturated rings. The zero-order chi connectivity index (χ0) is 9.42. The van der Waals surface area contributed by atoms with E-state index in [1.165, 1.54) is 0 Å². The van der Waals surface area contributed by atoms with Crippen molar-refractivity contribution in [1.29, 1.82) is 0 Å². The second-order valence-corrected chi connectivity index (χ2v) is 3.01. The molecule has 0 aliphatic rings. The lowest BCUT2D eigenvalue weighted by atomic mass is 10.4. The summed E-state index contributed by atoms with van der Waals surface area (Å²) in [5.74, 6) is 0. The molecular weight excluding hydrogens is 162 g/mol. The van der Waals surface area contributed by atoms with Gasteiger partial charge >= 0.3 is 0 Å². The minimum atomic E-state index is 0.869. The first-order chi connectivity index (χ1) is 6.22. The predicted octanol–water partition coefficient (Wildman–Crippen LogP) is 1.99. The Labute approximate surface area is 76.7 Å². The van der Waals surface area contributed by atoms with Crippen molar-refractivity contribution < 1.29 is 0 Å². The normalized spacial score (nSPS) is 10.6. The van der Waals surface area contributed by atoms with E-state index in [2.05, 4.69) is 16.7 Å². The van der Waals surface area contributed by atoms with Gasteiger partial charge in [0, 0.05) is 0 Å². The Hall–Kier alpha value is -1.64. The highest BCUT2D eigenvalue weighted by atomic mass is 15.3. The molecule has 13 heavy (non-hydrogen) atoms. The van der Waals surface area contributed by atoms with E-state index in [4.69, 9.17) is 0 Å². The molecule has 2 aromatic rings. The highest BCUT2D eigenvalue weighted by Crippen LogP contribution is 2.09. The van der Waals surface area contributed by atoms with Crippen molar-refractivity contribution in [2.45, 2.75) is 13.8 Å². The Morgan fingerprint density at radius 2 is 2.15 bits per heavy atom. The average Bonchev–Trinajstić information content (AvgIpc) is 2.43. The summed E-state index contributed by atoms with van der Waals surface area (Å²) in [6.45, 7) is 7.67. The number of hydrogen-bond donors (Lipinski definition) is 0. The third kappa shape index (κ3) is 1.13. The maximum Gasteiger partial charge on any atom is 0.154 e. The molecule has 2 rings (SSSR count). The van der Waals surface area contributed by atoms with Crippen LogP contribution in [-0.4, -0.2) is 14.6 Å². The van der Waals surface area contributed by atoms with Crippen LogP contribution in [-0.2, 0) is 0 Å². The lowest BCUT2D eigenvalue weighted by Crippen LogP contribution is -1.95. The third-order valence-corrected chi connectivity index (χ3v) is 2.17. The Kier molecular flexibility index (Phi) is 1.65. The van der Waals surface area contributed by atoms with Crippen molar-refractivity contribution in [2.24, 2.45) is 0 Å². The van der Waals surface area contributed by atoms with E-state index in [1.54, 1.807) is 6.08 Å². The van der Waals surface area contributed by atoms with E-state index >= 15 is 0 Å². The molecule has 0 saturated heterocycles. The van der Waals surface area contributed by atoms with E-state index in [0.717, 1.165) is 22.7 Å². The fraction of sp³-hybridized carbons (Fsp3) is 0.200. The summed E-state index contributed by atoms with van der Waals surface area (Å²) >= 11 is 0. The molecular formula is C10H11N3. The molecule has 0 saturated carbocycles. The minimum Gasteiger partial charge on any atom is -0.232 e. The fourth-order valence-electron chi connectivity index (χ4n) is 1.28. The van der Waals surface area contributed by atoms with Crippen molar-refractivity contribution in [2.75, 3.05) is 0 Å². The Balaban J connectivity index is 2.81. The third-order valence-electron chi connectivity index (χ3n) is 2.17. The average molecular weight is 173 g/mol. The van der Waals surface area contributed by atoms with Gasteiger partial charge in [0.15, 0.2) is 5.65 Å². The molecule has 66 valence electrons. The van der Waals surface area contributed by atoms with Crippen LogP contribution >= 0.6 is 0 Å². The summed E-state index contributed by atoms with van der Waals surface area (Å²) in [6.07, 6.45) is 1.73. The van der Waals surface area contributed by atoms with Gasteiger partial charge in [0.05, 0.1) is 17.1 Å². The van der Waals surface area contributed by atoms with Gasteiger partial charge in [-0.3, -0.25) is 0 Å². The van der Waals surface area contributed by atoms with E-state index < -0.39 is 0 Å². The van der Waals surface area contributed by atoms with Gasteiger partial charge in [-0.2, -0.15) is 5.10 Å². The van der Waals surface area contributed by atoms with Crippen LogP contribution in [0.25, 0.3) is 11.7 Å². The van der Waals surface area contributed by atoms with Crippen LogP contribution in [0.4, 0.5) is 0 Å². The number of rotatable bonds is 1. The molecule has 0 radical (unpaired) electrons. The minimum absolute atomic E-state index is 0.869. The SMILES string of the molecule is C=Cc1ccc2nc(C)c(C)n2n1. The number of aromatic nitrogens is 3. The first kappa shape index (κ1) is 7.98. The van der Waals surface area contributed by atoms with Crippen molar-refractivity contribution >= 4 is 11.7 Å². The number of aryl methyl sites for hydroxylation is 2. The molecule has 0 N–H and O–H groups in total. The summed E-state index contributed by atoms with van der Waals surface area (Å²) < 4.78 is 1.84. The van der Waals surface area contributed by atoms with E-state index in [1.807, 2.05) is 30.5 Å². The Morgan fingerprint density at radius 1 is 1.38 bits per heavy atom. The van der Waals surface area contributed by atoms with Crippen molar-refractivity contribution in [3.8, 4) is 0 Å². The molecule has 0 aromatic carbocycles. The van der Waals surface area contributed by atoms with Gasteiger partial charge in [0.2, 0.25) is 0 Å². The van der Waals surface area contributed by atoms with Crippen LogP contribution in [0, 0.1) is 13.8 Å². The zero-order valence-corrected chi connectivity index (χ0v) is 7.78. The van der Waals surface area contributed by atoms with E-state index in [-0.39, 0.29) is 0 Å². The van der Waals surface area contributed by atoms with Gasteiger partial charge in [-0.25, -0.2) is 9.50 Å². The first-order valence-corrected chi connectivity index (χ1v) is 4.18. The van der Waals surface area contributed by atoms with Gasteiger partial charge < -0.3 is 0 Å². The Morgan fingerprint density at radius 3 is 2.85 bits per heavy atom. The number of imidazole rings is 1. The maximum atomic E-state index is 4.35.